The predicted octanol–water partition coefficient (Wildman–Crippen LogP) is 2.85. The van der Waals surface area contributed by atoms with Crippen molar-refractivity contribution in [3.05, 3.63) is 29.8 Å². The first-order valence-electron chi connectivity index (χ1n) is 6.19. The highest BCUT2D eigenvalue weighted by atomic mass is 19.4. The number of hydrogen-bond acceptors (Lipinski definition) is 3. The molecule has 0 aromatic heterocycles. The third-order valence-corrected chi connectivity index (χ3v) is 2.91. The second kappa shape index (κ2) is 6.25. The van der Waals surface area contributed by atoms with Gasteiger partial charge in [0.2, 0.25) is 0 Å². The summed E-state index contributed by atoms with van der Waals surface area (Å²) in [5.41, 5.74) is 0.917. The molecule has 0 amide bonds. The SMILES string of the molecule is FC(F)(F)Oc1ccc(CNC2CCCOC2)cc1. The Hall–Kier alpha value is -1.27. The van der Waals surface area contributed by atoms with Crippen molar-refractivity contribution in [3.63, 3.8) is 0 Å². The number of benzene rings is 1. The lowest BCUT2D eigenvalue weighted by atomic mass is 10.1. The molecule has 1 fully saturated rings. The highest BCUT2D eigenvalue weighted by Gasteiger charge is 2.30. The summed E-state index contributed by atoms with van der Waals surface area (Å²) in [4.78, 5) is 0. The lowest BCUT2D eigenvalue weighted by Gasteiger charge is -2.23. The van der Waals surface area contributed by atoms with E-state index in [9.17, 15) is 13.2 Å². The minimum atomic E-state index is -4.64. The molecule has 0 bridgehead atoms. The standard InChI is InChI=1S/C13H16F3NO2/c14-13(15,16)19-12-5-3-10(4-6-12)8-17-11-2-1-7-18-9-11/h3-6,11,17H,1-2,7-9H2. The molecule has 1 aromatic rings. The van der Waals surface area contributed by atoms with Crippen LogP contribution in [0.3, 0.4) is 0 Å². The Labute approximate surface area is 109 Å². The minimum Gasteiger partial charge on any atom is -0.406 e. The topological polar surface area (TPSA) is 30.5 Å². The summed E-state index contributed by atoms with van der Waals surface area (Å²) in [5.74, 6) is -0.197. The zero-order chi connectivity index (χ0) is 13.7. The molecule has 1 unspecified atom stereocenters. The van der Waals surface area contributed by atoms with Gasteiger partial charge in [0.05, 0.1) is 6.61 Å². The van der Waals surface area contributed by atoms with Gasteiger partial charge in [-0.2, -0.15) is 0 Å². The molecule has 1 aliphatic rings. The van der Waals surface area contributed by atoms with Crippen LogP contribution < -0.4 is 10.1 Å². The van der Waals surface area contributed by atoms with Gasteiger partial charge in [0, 0.05) is 19.2 Å². The number of ether oxygens (including phenoxy) is 2. The van der Waals surface area contributed by atoms with E-state index in [4.69, 9.17) is 4.74 Å². The first-order chi connectivity index (χ1) is 9.03. The monoisotopic (exact) mass is 275 g/mol. The normalized spacial score (nSPS) is 20.3. The Bertz CT molecular complexity index is 386. The summed E-state index contributed by atoms with van der Waals surface area (Å²) in [6, 6.07) is 6.21. The second-order valence-corrected chi connectivity index (χ2v) is 4.49. The van der Waals surface area contributed by atoms with Crippen LogP contribution in [-0.2, 0) is 11.3 Å². The van der Waals surface area contributed by atoms with Gasteiger partial charge in [0.25, 0.3) is 0 Å². The summed E-state index contributed by atoms with van der Waals surface area (Å²) in [7, 11) is 0. The van der Waals surface area contributed by atoms with E-state index in [1.807, 2.05) is 0 Å². The first-order valence-corrected chi connectivity index (χ1v) is 6.19. The Morgan fingerprint density at radius 3 is 2.58 bits per heavy atom. The molecule has 0 aliphatic carbocycles. The number of nitrogens with one attached hydrogen (secondary N) is 1. The first kappa shape index (κ1) is 14.1. The highest BCUT2D eigenvalue weighted by molar-refractivity contribution is 5.27. The van der Waals surface area contributed by atoms with Crippen LogP contribution >= 0.6 is 0 Å². The van der Waals surface area contributed by atoms with Gasteiger partial charge in [0.15, 0.2) is 0 Å². The van der Waals surface area contributed by atoms with E-state index in [0.717, 1.165) is 25.0 Å². The fourth-order valence-corrected chi connectivity index (χ4v) is 1.97. The Morgan fingerprint density at radius 1 is 1.26 bits per heavy atom. The van der Waals surface area contributed by atoms with Gasteiger partial charge in [0.1, 0.15) is 5.75 Å². The van der Waals surface area contributed by atoms with Gasteiger partial charge in [-0.25, -0.2) is 0 Å². The van der Waals surface area contributed by atoms with E-state index >= 15 is 0 Å². The summed E-state index contributed by atoms with van der Waals surface area (Å²) in [6.45, 7) is 2.11. The van der Waals surface area contributed by atoms with Crippen LogP contribution in [0.5, 0.6) is 5.75 Å². The molecular weight excluding hydrogens is 259 g/mol. The van der Waals surface area contributed by atoms with Gasteiger partial charge in [-0.1, -0.05) is 12.1 Å². The van der Waals surface area contributed by atoms with Crippen molar-refractivity contribution in [2.24, 2.45) is 0 Å². The average molecular weight is 275 g/mol. The molecule has 1 heterocycles. The van der Waals surface area contributed by atoms with E-state index in [2.05, 4.69) is 10.1 Å². The fourth-order valence-electron chi connectivity index (χ4n) is 1.97. The molecule has 0 saturated carbocycles. The van der Waals surface area contributed by atoms with Crippen molar-refractivity contribution in [1.29, 1.82) is 0 Å². The van der Waals surface area contributed by atoms with Crippen LogP contribution in [0.25, 0.3) is 0 Å². The molecule has 106 valence electrons. The molecule has 3 nitrogen and oxygen atoms in total. The number of hydrogen-bond donors (Lipinski definition) is 1. The molecule has 6 heteroatoms. The van der Waals surface area contributed by atoms with Gasteiger partial charge in [-0.15, -0.1) is 13.2 Å². The quantitative estimate of drug-likeness (QED) is 0.916. The molecular formula is C13H16F3NO2. The zero-order valence-corrected chi connectivity index (χ0v) is 10.4. The van der Waals surface area contributed by atoms with E-state index < -0.39 is 6.36 Å². The lowest BCUT2D eigenvalue weighted by molar-refractivity contribution is -0.274. The van der Waals surface area contributed by atoms with Gasteiger partial charge in [-0.3, -0.25) is 0 Å². The van der Waals surface area contributed by atoms with Gasteiger partial charge in [-0.05, 0) is 30.5 Å². The smallest absolute Gasteiger partial charge is 0.406 e. The van der Waals surface area contributed by atoms with Gasteiger partial charge < -0.3 is 14.8 Å². The van der Waals surface area contributed by atoms with E-state index in [0.29, 0.717) is 19.2 Å². The average Bonchev–Trinajstić information content (AvgIpc) is 2.37. The van der Waals surface area contributed by atoms with Crippen LogP contribution in [0.1, 0.15) is 18.4 Å². The predicted molar refractivity (Wildman–Crippen MR) is 63.8 cm³/mol. The largest absolute Gasteiger partial charge is 0.573 e. The maximum Gasteiger partial charge on any atom is 0.573 e. The van der Waals surface area contributed by atoms with Crippen LogP contribution in [0.15, 0.2) is 24.3 Å². The number of alkyl halides is 3. The van der Waals surface area contributed by atoms with Crippen LogP contribution in [0.4, 0.5) is 13.2 Å². The lowest BCUT2D eigenvalue weighted by Crippen LogP contribution is -2.36. The minimum absolute atomic E-state index is 0.197. The third-order valence-electron chi connectivity index (χ3n) is 2.91. The Kier molecular flexibility index (Phi) is 4.66. The molecule has 1 atom stereocenters. The third kappa shape index (κ3) is 5.08. The Balaban J connectivity index is 1.81. The molecule has 1 aromatic carbocycles. The second-order valence-electron chi connectivity index (χ2n) is 4.49. The zero-order valence-electron chi connectivity index (χ0n) is 10.4. The molecule has 0 spiro atoms. The fraction of sp³-hybridized carbons (Fsp3) is 0.538. The molecule has 1 saturated heterocycles. The summed E-state index contributed by atoms with van der Waals surface area (Å²) < 4.78 is 45.1. The molecule has 1 N–H and O–H groups in total. The van der Waals surface area contributed by atoms with Crippen molar-refractivity contribution < 1.29 is 22.6 Å². The van der Waals surface area contributed by atoms with Crippen molar-refractivity contribution in [2.45, 2.75) is 31.8 Å². The highest BCUT2D eigenvalue weighted by Crippen LogP contribution is 2.22. The van der Waals surface area contributed by atoms with Crippen molar-refractivity contribution in [3.8, 4) is 5.75 Å². The summed E-state index contributed by atoms with van der Waals surface area (Å²) in [5, 5.41) is 3.32. The molecule has 2 rings (SSSR count). The maximum absolute atomic E-state index is 12.0. The maximum atomic E-state index is 12.0. The summed E-state index contributed by atoms with van der Waals surface area (Å²) in [6.07, 6.45) is -2.54. The molecule has 0 radical (unpaired) electrons. The van der Waals surface area contributed by atoms with E-state index in [1.54, 1.807) is 12.1 Å². The van der Waals surface area contributed by atoms with Crippen molar-refractivity contribution in [2.75, 3.05) is 13.2 Å². The number of rotatable bonds is 4. The van der Waals surface area contributed by atoms with Crippen molar-refractivity contribution in [1.82, 2.24) is 5.32 Å². The van der Waals surface area contributed by atoms with Gasteiger partial charge >= 0.3 is 6.36 Å². The number of halogens is 3. The summed E-state index contributed by atoms with van der Waals surface area (Å²) >= 11 is 0. The Morgan fingerprint density at radius 2 is 2.00 bits per heavy atom. The molecule has 1 aliphatic heterocycles. The van der Waals surface area contributed by atoms with Crippen molar-refractivity contribution >= 4 is 0 Å². The van der Waals surface area contributed by atoms with Crippen LogP contribution in [0, 0.1) is 0 Å². The van der Waals surface area contributed by atoms with Crippen LogP contribution in [0.2, 0.25) is 0 Å². The van der Waals surface area contributed by atoms with E-state index in [-0.39, 0.29) is 5.75 Å². The van der Waals surface area contributed by atoms with Crippen LogP contribution in [-0.4, -0.2) is 25.6 Å². The van der Waals surface area contributed by atoms with E-state index in [1.165, 1.54) is 12.1 Å². The molecule has 19 heavy (non-hydrogen) atoms.